The minimum Gasteiger partial charge on any atom is -0.329 e. The van der Waals surface area contributed by atoms with Crippen LogP contribution in [0, 0.1) is 11.8 Å². The number of likely N-dealkylation sites (tertiary alicyclic amines) is 1. The first-order valence-corrected chi connectivity index (χ1v) is 5.39. The lowest BCUT2D eigenvalue weighted by atomic mass is 9.95. The first kappa shape index (κ1) is 13.1. The lowest BCUT2D eigenvalue weighted by molar-refractivity contribution is -0.123. The number of hydrogen-bond donors (Lipinski definition) is 1. The number of nitrogens with zero attached hydrogens (tertiary/aromatic N) is 1. The Kier molecular flexibility index (Phi) is 4.04. The highest BCUT2D eigenvalue weighted by Crippen LogP contribution is 2.23. The average molecular weight is 238 g/mol. The Bertz CT molecular complexity index is 253. The fraction of sp³-hybridized carbons (Fsp3) is 0.900. The van der Waals surface area contributed by atoms with Crippen LogP contribution in [0.4, 0.5) is 18.0 Å². The number of carbonyl (C=O) groups is 1. The number of halogens is 3. The molecule has 3 nitrogen and oxygen atoms in total. The second-order valence-electron chi connectivity index (χ2n) is 4.51. The molecule has 1 saturated heterocycles. The highest BCUT2D eigenvalue weighted by atomic mass is 19.4. The maximum Gasteiger partial charge on any atom is 0.405 e. The van der Waals surface area contributed by atoms with E-state index in [1.165, 1.54) is 4.90 Å². The van der Waals surface area contributed by atoms with Crippen molar-refractivity contribution in [1.82, 2.24) is 10.2 Å². The zero-order valence-electron chi connectivity index (χ0n) is 9.47. The first-order valence-electron chi connectivity index (χ1n) is 5.39. The van der Waals surface area contributed by atoms with Crippen molar-refractivity contribution in [1.29, 1.82) is 0 Å². The van der Waals surface area contributed by atoms with Crippen LogP contribution in [0.5, 0.6) is 0 Å². The van der Waals surface area contributed by atoms with Gasteiger partial charge in [0.15, 0.2) is 0 Å². The summed E-state index contributed by atoms with van der Waals surface area (Å²) in [5, 5.41) is 1.89. The zero-order chi connectivity index (χ0) is 12.3. The summed E-state index contributed by atoms with van der Waals surface area (Å²) in [7, 11) is 0. The van der Waals surface area contributed by atoms with Gasteiger partial charge in [0, 0.05) is 13.1 Å². The van der Waals surface area contributed by atoms with Crippen molar-refractivity contribution >= 4 is 6.03 Å². The molecule has 0 spiro atoms. The van der Waals surface area contributed by atoms with Crippen LogP contribution in [0.2, 0.25) is 0 Å². The van der Waals surface area contributed by atoms with Gasteiger partial charge in [-0.15, -0.1) is 0 Å². The van der Waals surface area contributed by atoms with Gasteiger partial charge in [-0.05, 0) is 18.3 Å². The van der Waals surface area contributed by atoms with E-state index in [9.17, 15) is 18.0 Å². The molecule has 6 heteroatoms. The maximum absolute atomic E-state index is 11.9. The van der Waals surface area contributed by atoms with Gasteiger partial charge in [-0.2, -0.15) is 13.2 Å². The van der Waals surface area contributed by atoms with Crippen molar-refractivity contribution in [2.75, 3.05) is 19.6 Å². The van der Waals surface area contributed by atoms with Crippen molar-refractivity contribution in [2.45, 2.75) is 26.4 Å². The van der Waals surface area contributed by atoms with Crippen LogP contribution in [0.15, 0.2) is 0 Å². The molecular weight excluding hydrogens is 221 g/mol. The fourth-order valence-electron chi connectivity index (χ4n) is 1.80. The molecule has 0 aliphatic carbocycles. The molecule has 0 radical (unpaired) electrons. The molecule has 0 aromatic rings. The Morgan fingerprint density at radius 2 is 2.12 bits per heavy atom. The number of nitrogens with one attached hydrogen (secondary N) is 1. The van der Waals surface area contributed by atoms with E-state index in [0.717, 1.165) is 6.42 Å². The Balaban J connectivity index is 2.34. The van der Waals surface area contributed by atoms with Crippen molar-refractivity contribution in [3.8, 4) is 0 Å². The third-order valence-corrected chi connectivity index (χ3v) is 2.89. The summed E-state index contributed by atoms with van der Waals surface area (Å²) in [4.78, 5) is 12.8. The van der Waals surface area contributed by atoms with Gasteiger partial charge in [0.2, 0.25) is 0 Å². The normalized spacial score (nSPS) is 21.6. The molecule has 2 amide bonds. The van der Waals surface area contributed by atoms with Gasteiger partial charge in [0.25, 0.3) is 0 Å². The van der Waals surface area contributed by atoms with Gasteiger partial charge < -0.3 is 10.2 Å². The Morgan fingerprint density at radius 1 is 1.50 bits per heavy atom. The van der Waals surface area contributed by atoms with Crippen molar-refractivity contribution in [3.63, 3.8) is 0 Å². The smallest absolute Gasteiger partial charge is 0.329 e. The Hall–Kier alpha value is -0.940. The van der Waals surface area contributed by atoms with E-state index in [-0.39, 0.29) is 0 Å². The summed E-state index contributed by atoms with van der Waals surface area (Å²) in [5.74, 6) is 0.858. The van der Waals surface area contributed by atoms with Gasteiger partial charge >= 0.3 is 12.2 Å². The largest absolute Gasteiger partial charge is 0.405 e. The number of amides is 2. The number of carbonyl (C=O) groups excluding carboxylic acids is 1. The van der Waals surface area contributed by atoms with E-state index in [1.54, 1.807) is 0 Å². The SMILES string of the molecule is CC(C)C1CCN(C(=O)NCC(F)(F)F)C1. The van der Waals surface area contributed by atoms with Gasteiger partial charge in [0.05, 0.1) is 0 Å². The van der Waals surface area contributed by atoms with Gasteiger partial charge in [-0.1, -0.05) is 13.8 Å². The van der Waals surface area contributed by atoms with Crippen LogP contribution < -0.4 is 5.32 Å². The number of alkyl halides is 3. The molecular formula is C10H17F3N2O. The predicted molar refractivity (Wildman–Crippen MR) is 54.0 cm³/mol. The molecule has 1 rings (SSSR count). The van der Waals surface area contributed by atoms with Crippen LogP contribution >= 0.6 is 0 Å². The van der Waals surface area contributed by atoms with E-state index in [2.05, 4.69) is 13.8 Å². The molecule has 0 aromatic heterocycles. The Morgan fingerprint density at radius 3 is 2.56 bits per heavy atom. The standard InChI is InChI=1S/C10H17F3N2O/c1-7(2)8-3-4-15(5-8)9(16)14-6-10(11,12)13/h7-8H,3-6H2,1-2H3,(H,14,16). The first-order chi connectivity index (χ1) is 7.29. The summed E-state index contributed by atoms with van der Waals surface area (Å²) in [6, 6.07) is -0.611. The summed E-state index contributed by atoms with van der Waals surface area (Å²) in [6.07, 6.45) is -3.47. The molecule has 1 aliphatic rings. The molecule has 1 heterocycles. The second-order valence-corrected chi connectivity index (χ2v) is 4.51. The minimum atomic E-state index is -4.34. The van der Waals surface area contributed by atoms with Gasteiger partial charge in [0.1, 0.15) is 6.54 Å². The average Bonchev–Trinajstić information content (AvgIpc) is 2.61. The highest BCUT2D eigenvalue weighted by Gasteiger charge is 2.31. The van der Waals surface area contributed by atoms with E-state index < -0.39 is 18.8 Å². The number of hydrogen-bond acceptors (Lipinski definition) is 1. The molecule has 1 unspecified atom stereocenters. The maximum atomic E-state index is 11.9. The molecule has 94 valence electrons. The Labute approximate surface area is 93.0 Å². The number of rotatable bonds is 2. The summed E-state index contributed by atoms with van der Waals surface area (Å²) in [6.45, 7) is 3.96. The summed E-state index contributed by atoms with van der Waals surface area (Å²) >= 11 is 0. The minimum absolute atomic E-state index is 0.400. The van der Waals surface area contributed by atoms with Gasteiger partial charge in [-0.25, -0.2) is 4.79 Å². The lowest BCUT2D eigenvalue weighted by Gasteiger charge is -2.19. The predicted octanol–water partition coefficient (Wildman–Crippen LogP) is 2.24. The zero-order valence-corrected chi connectivity index (χ0v) is 9.47. The van der Waals surface area contributed by atoms with E-state index in [0.29, 0.717) is 24.9 Å². The van der Waals surface area contributed by atoms with Crippen LogP contribution in [0.3, 0.4) is 0 Å². The second kappa shape index (κ2) is 4.93. The summed E-state index contributed by atoms with van der Waals surface area (Å²) in [5.41, 5.74) is 0. The quantitative estimate of drug-likeness (QED) is 0.786. The van der Waals surface area contributed by atoms with Crippen LogP contribution in [0.25, 0.3) is 0 Å². The molecule has 1 aliphatic heterocycles. The molecule has 0 saturated carbocycles. The molecule has 0 aromatic carbocycles. The molecule has 1 fully saturated rings. The number of urea groups is 1. The lowest BCUT2D eigenvalue weighted by Crippen LogP contribution is -2.42. The third kappa shape index (κ3) is 3.90. The highest BCUT2D eigenvalue weighted by molar-refractivity contribution is 5.74. The molecule has 0 bridgehead atoms. The summed E-state index contributed by atoms with van der Waals surface area (Å²) < 4.78 is 35.6. The monoisotopic (exact) mass is 238 g/mol. The van der Waals surface area contributed by atoms with Crippen molar-refractivity contribution in [3.05, 3.63) is 0 Å². The van der Waals surface area contributed by atoms with Crippen molar-refractivity contribution in [2.24, 2.45) is 11.8 Å². The molecule has 16 heavy (non-hydrogen) atoms. The van der Waals surface area contributed by atoms with Crippen LogP contribution in [0.1, 0.15) is 20.3 Å². The molecule has 1 atom stereocenters. The van der Waals surface area contributed by atoms with Crippen LogP contribution in [-0.4, -0.2) is 36.7 Å². The van der Waals surface area contributed by atoms with Crippen LogP contribution in [-0.2, 0) is 0 Å². The van der Waals surface area contributed by atoms with Crippen molar-refractivity contribution < 1.29 is 18.0 Å². The molecule has 1 N–H and O–H groups in total. The fourth-order valence-corrected chi connectivity index (χ4v) is 1.80. The van der Waals surface area contributed by atoms with E-state index >= 15 is 0 Å². The third-order valence-electron chi connectivity index (χ3n) is 2.89. The topological polar surface area (TPSA) is 32.3 Å². The van der Waals surface area contributed by atoms with E-state index in [1.807, 2.05) is 5.32 Å². The van der Waals surface area contributed by atoms with Gasteiger partial charge in [-0.3, -0.25) is 0 Å². The van der Waals surface area contributed by atoms with E-state index in [4.69, 9.17) is 0 Å².